The zero-order valence-electron chi connectivity index (χ0n) is 16.6. The highest BCUT2D eigenvalue weighted by Crippen LogP contribution is 2.24. The molecule has 148 valence electrons. The number of anilines is 1. The van der Waals surface area contributed by atoms with Crippen molar-refractivity contribution in [1.29, 1.82) is 10.5 Å². The van der Waals surface area contributed by atoms with E-state index in [2.05, 4.69) is 49.2 Å². The molecular weight excluding hydrogens is 378 g/mol. The molecule has 0 atom stereocenters. The molecule has 30 heavy (non-hydrogen) atoms. The Morgan fingerprint density at radius 3 is 1.73 bits per heavy atom. The van der Waals surface area contributed by atoms with Gasteiger partial charge >= 0.3 is 0 Å². The third-order valence-electron chi connectivity index (χ3n) is 4.28. The molecule has 2 aromatic carbocycles. The van der Waals surface area contributed by atoms with Crippen LogP contribution in [-0.2, 0) is 0 Å². The number of hydrogen-bond acceptors (Lipinski definition) is 8. The summed E-state index contributed by atoms with van der Waals surface area (Å²) < 4.78 is 0. The first-order valence-corrected chi connectivity index (χ1v) is 9.35. The van der Waals surface area contributed by atoms with Crippen LogP contribution in [0.4, 0.5) is 28.7 Å². The SMILES string of the molecule is CCN(CC)c1ccc(N=Nc2ccc(N=Nc3nc(C#N)c(C#N)[nH]3)cc2)cc1. The first kappa shape index (κ1) is 20.4. The second kappa shape index (κ2) is 9.71. The normalized spacial score (nSPS) is 10.9. The lowest BCUT2D eigenvalue weighted by Crippen LogP contribution is -2.21. The van der Waals surface area contributed by atoms with Gasteiger partial charge in [0, 0.05) is 18.8 Å². The van der Waals surface area contributed by atoms with Crippen molar-refractivity contribution in [3.05, 3.63) is 59.9 Å². The molecule has 0 radical (unpaired) electrons. The minimum absolute atomic E-state index is 0.00709. The average molecular weight is 397 g/mol. The van der Waals surface area contributed by atoms with Gasteiger partial charge in [-0.25, -0.2) is 0 Å². The second-order valence-electron chi connectivity index (χ2n) is 6.11. The maximum absolute atomic E-state index is 8.91. The third-order valence-corrected chi connectivity index (χ3v) is 4.28. The molecule has 1 N–H and O–H groups in total. The molecule has 0 bridgehead atoms. The van der Waals surface area contributed by atoms with Crippen molar-refractivity contribution in [2.45, 2.75) is 13.8 Å². The molecule has 0 aliphatic carbocycles. The number of nitrogens with zero attached hydrogens (tertiary/aromatic N) is 8. The van der Waals surface area contributed by atoms with E-state index in [4.69, 9.17) is 10.5 Å². The zero-order chi connectivity index (χ0) is 21.3. The Hall–Kier alpha value is -4.37. The Bertz CT molecular complexity index is 1090. The van der Waals surface area contributed by atoms with Crippen LogP contribution in [0.15, 0.2) is 69.0 Å². The van der Waals surface area contributed by atoms with Gasteiger partial charge in [0.2, 0.25) is 5.95 Å². The Morgan fingerprint density at radius 2 is 1.30 bits per heavy atom. The number of azo groups is 2. The molecular formula is C21H19N9. The minimum Gasteiger partial charge on any atom is -0.372 e. The fraction of sp³-hybridized carbons (Fsp3) is 0.190. The van der Waals surface area contributed by atoms with Crippen LogP contribution < -0.4 is 4.90 Å². The first-order valence-electron chi connectivity index (χ1n) is 9.35. The smallest absolute Gasteiger partial charge is 0.249 e. The third kappa shape index (κ3) is 4.91. The summed E-state index contributed by atoms with van der Waals surface area (Å²) in [5, 5.41) is 34.2. The number of aromatic nitrogens is 2. The largest absolute Gasteiger partial charge is 0.372 e. The van der Waals surface area contributed by atoms with Gasteiger partial charge in [-0.1, -0.05) is 0 Å². The molecule has 0 aliphatic heterocycles. The fourth-order valence-electron chi connectivity index (χ4n) is 2.70. The van der Waals surface area contributed by atoms with Crippen molar-refractivity contribution in [1.82, 2.24) is 9.97 Å². The highest BCUT2D eigenvalue weighted by molar-refractivity contribution is 5.53. The van der Waals surface area contributed by atoms with Gasteiger partial charge < -0.3 is 9.88 Å². The van der Waals surface area contributed by atoms with Crippen LogP contribution >= 0.6 is 0 Å². The lowest BCUT2D eigenvalue weighted by Gasteiger charge is -2.20. The average Bonchev–Trinajstić information content (AvgIpc) is 3.21. The Morgan fingerprint density at radius 1 is 0.800 bits per heavy atom. The Labute approximate surface area is 174 Å². The molecule has 0 saturated carbocycles. The number of rotatable bonds is 7. The van der Waals surface area contributed by atoms with Crippen molar-refractivity contribution in [3.63, 3.8) is 0 Å². The van der Waals surface area contributed by atoms with E-state index in [1.54, 1.807) is 24.3 Å². The lowest BCUT2D eigenvalue weighted by molar-refractivity contribution is 0.866. The van der Waals surface area contributed by atoms with Crippen LogP contribution in [0.2, 0.25) is 0 Å². The van der Waals surface area contributed by atoms with Crippen LogP contribution in [-0.4, -0.2) is 23.1 Å². The van der Waals surface area contributed by atoms with E-state index in [-0.39, 0.29) is 17.3 Å². The Kier molecular flexibility index (Phi) is 6.59. The molecule has 9 nitrogen and oxygen atoms in total. The van der Waals surface area contributed by atoms with Crippen molar-refractivity contribution in [2.75, 3.05) is 18.0 Å². The Balaban J connectivity index is 1.65. The molecule has 0 spiro atoms. The molecule has 0 unspecified atom stereocenters. The quantitative estimate of drug-likeness (QED) is 0.503. The van der Waals surface area contributed by atoms with Crippen LogP contribution in [0.1, 0.15) is 25.2 Å². The summed E-state index contributed by atoms with van der Waals surface area (Å²) in [7, 11) is 0. The van der Waals surface area contributed by atoms with E-state index >= 15 is 0 Å². The van der Waals surface area contributed by atoms with Gasteiger partial charge in [-0.2, -0.15) is 25.7 Å². The fourth-order valence-corrected chi connectivity index (χ4v) is 2.70. The van der Waals surface area contributed by atoms with E-state index in [9.17, 15) is 0 Å². The van der Waals surface area contributed by atoms with Crippen LogP contribution in [0.5, 0.6) is 0 Å². The number of nitriles is 2. The van der Waals surface area contributed by atoms with E-state index in [0.717, 1.165) is 24.5 Å². The predicted molar refractivity (Wildman–Crippen MR) is 113 cm³/mol. The lowest BCUT2D eigenvalue weighted by atomic mass is 10.2. The second-order valence-corrected chi connectivity index (χ2v) is 6.11. The minimum atomic E-state index is -0.00709. The van der Waals surface area contributed by atoms with E-state index in [1.807, 2.05) is 36.4 Å². The standard InChI is InChI=1S/C21H19N9/c1-3-30(4-2)18-11-9-17(10-12-18)27-26-15-5-7-16(8-6-15)28-29-21-24-19(13-22)20(14-23)25-21/h5-12H,3-4H2,1-2H3,(H,24,25). The number of H-pyrrole nitrogens is 1. The molecule has 9 heteroatoms. The zero-order valence-corrected chi connectivity index (χ0v) is 16.6. The number of hydrogen-bond donors (Lipinski definition) is 1. The van der Waals surface area contributed by atoms with Gasteiger partial charge in [-0.3, -0.25) is 0 Å². The van der Waals surface area contributed by atoms with Gasteiger partial charge in [-0.05, 0) is 62.4 Å². The van der Waals surface area contributed by atoms with Gasteiger partial charge in [0.1, 0.15) is 12.1 Å². The number of aromatic amines is 1. The molecule has 0 fully saturated rings. The summed E-state index contributed by atoms with van der Waals surface area (Å²) in [5.41, 5.74) is 3.24. The first-order chi connectivity index (χ1) is 14.7. The van der Waals surface area contributed by atoms with E-state index in [0.29, 0.717) is 11.4 Å². The number of benzene rings is 2. The molecule has 3 aromatic rings. The van der Waals surface area contributed by atoms with Crippen LogP contribution in [0.3, 0.4) is 0 Å². The van der Waals surface area contributed by atoms with Crippen molar-refractivity contribution in [2.24, 2.45) is 20.5 Å². The van der Waals surface area contributed by atoms with Crippen molar-refractivity contribution in [3.8, 4) is 12.1 Å². The molecule has 3 rings (SSSR count). The predicted octanol–water partition coefficient (Wildman–Crippen LogP) is 5.83. The van der Waals surface area contributed by atoms with Gasteiger partial charge in [0.25, 0.3) is 0 Å². The molecule has 0 saturated heterocycles. The number of imidazole rings is 1. The van der Waals surface area contributed by atoms with Crippen LogP contribution in [0, 0.1) is 22.7 Å². The summed E-state index contributed by atoms with van der Waals surface area (Å²) in [6.45, 7) is 6.17. The topological polar surface area (TPSA) is 129 Å². The molecule has 1 heterocycles. The molecule has 1 aromatic heterocycles. The highest BCUT2D eigenvalue weighted by Gasteiger charge is 2.08. The molecule has 0 amide bonds. The van der Waals surface area contributed by atoms with Gasteiger partial charge in [0.15, 0.2) is 11.4 Å². The summed E-state index contributed by atoms with van der Waals surface area (Å²) >= 11 is 0. The summed E-state index contributed by atoms with van der Waals surface area (Å²) in [5.74, 6) is 0.0972. The number of nitrogens with one attached hydrogen (secondary N) is 1. The maximum atomic E-state index is 8.91. The van der Waals surface area contributed by atoms with E-state index < -0.39 is 0 Å². The highest BCUT2D eigenvalue weighted by atomic mass is 15.2. The summed E-state index contributed by atoms with van der Waals surface area (Å²) in [6.07, 6.45) is 0. The molecule has 0 aliphatic rings. The van der Waals surface area contributed by atoms with E-state index in [1.165, 1.54) is 0 Å². The maximum Gasteiger partial charge on any atom is 0.249 e. The summed E-state index contributed by atoms with van der Waals surface area (Å²) in [6, 6.07) is 18.6. The monoisotopic (exact) mass is 397 g/mol. The summed E-state index contributed by atoms with van der Waals surface area (Å²) in [4.78, 5) is 8.78. The van der Waals surface area contributed by atoms with Crippen molar-refractivity contribution < 1.29 is 0 Å². The van der Waals surface area contributed by atoms with Crippen LogP contribution in [0.25, 0.3) is 0 Å². The van der Waals surface area contributed by atoms with Crippen molar-refractivity contribution >= 4 is 28.7 Å². The van der Waals surface area contributed by atoms with Gasteiger partial charge in [0.05, 0.1) is 17.1 Å². The van der Waals surface area contributed by atoms with Gasteiger partial charge in [-0.15, -0.1) is 10.2 Å².